The highest BCUT2D eigenvalue weighted by Gasteiger charge is 2.40. The molecule has 1 aliphatic heterocycles. The number of rotatable bonds is 4. The fourth-order valence-electron chi connectivity index (χ4n) is 3.54. The zero-order valence-corrected chi connectivity index (χ0v) is 13.5. The lowest BCUT2D eigenvalue weighted by molar-refractivity contribution is 0.445. The Balaban J connectivity index is 1.74. The molecule has 2 unspecified atom stereocenters. The first-order chi connectivity index (χ1) is 9.95. The molecule has 1 aromatic carbocycles. The van der Waals surface area contributed by atoms with Crippen LogP contribution in [0.25, 0.3) is 0 Å². The monoisotopic (exact) mass is 324 g/mol. The summed E-state index contributed by atoms with van der Waals surface area (Å²) in [5, 5.41) is 0. The smallest absolute Gasteiger partial charge is 0.218 e. The van der Waals surface area contributed by atoms with Crippen molar-refractivity contribution in [1.29, 1.82) is 0 Å². The van der Waals surface area contributed by atoms with E-state index in [1.807, 2.05) is 6.07 Å². The molecule has 2 fully saturated rings. The van der Waals surface area contributed by atoms with Gasteiger partial charge in [0.15, 0.2) is 0 Å². The molecule has 0 radical (unpaired) electrons. The molecule has 1 saturated heterocycles. The van der Waals surface area contributed by atoms with Crippen LogP contribution in [0.1, 0.15) is 30.4 Å². The van der Waals surface area contributed by atoms with Crippen LogP contribution in [0.15, 0.2) is 24.3 Å². The Bertz CT molecular complexity index is 645. The predicted molar refractivity (Wildman–Crippen MR) is 87.4 cm³/mol. The van der Waals surface area contributed by atoms with E-state index in [0.717, 1.165) is 11.1 Å². The van der Waals surface area contributed by atoms with Gasteiger partial charge in [0.1, 0.15) is 4.99 Å². The van der Waals surface area contributed by atoms with E-state index in [1.165, 1.54) is 19.3 Å². The normalized spacial score (nSPS) is 25.9. The first-order valence-corrected chi connectivity index (χ1v) is 9.34. The second-order valence-corrected chi connectivity index (χ2v) is 8.50. The molecular weight excluding hydrogens is 304 g/mol. The Morgan fingerprint density at radius 3 is 2.57 bits per heavy atom. The van der Waals surface area contributed by atoms with Crippen LogP contribution in [0.5, 0.6) is 0 Å². The molecule has 21 heavy (non-hydrogen) atoms. The molecule has 2 atom stereocenters. The molecule has 3 rings (SSSR count). The maximum Gasteiger partial charge on any atom is 0.218 e. The fraction of sp³-hybridized carbons (Fsp3) is 0.533. The van der Waals surface area contributed by atoms with E-state index in [4.69, 9.17) is 18.0 Å². The van der Waals surface area contributed by atoms with Crippen LogP contribution < -0.4 is 5.73 Å². The number of benzene rings is 1. The number of hydrogen-bond donors (Lipinski definition) is 1. The Hall–Kier alpha value is -0.980. The summed E-state index contributed by atoms with van der Waals surface area (Å²) < 4.78 is 26.8. The molecule has 1 aromatic rings. The first-order valence-electron chi connectivity index (χ1n) is 7.32. The molecule has 1 saturated carbocycles. The summed E-state index contributed by atoms with van der Waals surface area (Å²) in [7, 11) is -3.25. The van der Waals surface area contributed by atoms with Crippen LogP contribution in [0, 0.1) is 11.8 Å². The van der Waals surface area contributed by atoms with Gasteiger partial charge in [-0.05, 0) is 36.3 Å². The first kappa shape index (κ1) is 14.9. The van der Waals surface area contributed by atoms with E-state index < -0.39 is 10.0 Å². The van der Waals surface area contributed by atoms with Gasteiger partial charge in [0.2, 0.25) is 10.0 Å². The van der Waals surface area contributed by atoms with Crippen molar-refractivity contribution in [1.82, 2.24) is 4.31 Å². The molecule has 6 heteroatoms. The standard InChI is InChI=1S/C15H20N2O2S2/c16-15(20)12-4-1-3-11(7-12)10-21(18,19)17-8-13-5-2-6-14(13)9-17/h1,3-4,7,13-14H,2,5-6,8-10H2,(H2,16,20). The molecule has 1 aliphatic carbocycles. The number of nitrogens with two attached hydrogens (primary N) is 1. The van der Waals surface area contributed by atoms with E-state index >= 15 is 0 Å². The number of thiocarbonyl (C=S) groups is 1. The molecule has 114 valence electrons. The zero-order valence-electron chi connectivity index (χ0n) is 11.9. The van der Waals surface area contributed by atoms with Crippen molar-refractivity contribution in [2.75, 3.05) is 13.1 Å². The van der Waals surface area contributed by atoms with Gasteiger partial charge in [0.05, 0.1) is 5.75 Å². The predicted octanol–water partition coefficient (Wildman–Crippen LogP) is 1.88. The minimum atomic E-state index is -3.25. The molecule has 1 heterocycles. The third-order valence-corrected chi connectivity index (χ3v) is 6.67. The summed E-state index contributed by atoms with van der Waals surface area (Å²) in [6.45, 7) is 1.39. The largest absolute Gasteiger partial charge is 0.389 e. The highest BCUT2D eigenvalue weighted by atomic mass is 32.2. The SMILES string of the molecule is NC(=S)c1cccc(CS(=O)(=O)N2CC3CCCC3C2)c1. The summed E-state index contributed by atoms with van der Waals surface area (Å²) in [5.41, 5.74) is 7.07. The summed E-state index contributed by atoms with van der Waals surface area (Å²) in [5.74, 6) is 1.17. The van der Waals surface area contributed by atoms with Gasteiger partial charge in [-0.15, -0.1) is 0 Å². The van der Waals surface area contributed by atoms with Gasteiger partial charge in [-0.1, -0.05) is 36.8 Å². The highest BCUT2D eigenvalue weighted by Crippen LogP contribution is 2.39. The number of fused-ring (bicyclic) bond motifs is 1. The van der Waals surface area contributed by atoms with Crippen LogP contribution in [0.3, 0.4) is 0 Å². The van der Waals surface area contributed by atoms with Crippen molar-refractivity contribution in [3.05, 3.63) is 35.4 Å². The molecule has 0 amide bonds. The van der Waals surface area contributed by atoms with Crippen molar-refractivity contribution in [2.24, 2.45) is 17.6 Å². The van der Waals surface area contributed by atoms with Crippen molar-refractivity contribution >= 4 is 27.2 Å². The highest BCUT2D eigenvalue weighted by molar-refractivity contribution is 7.88. The van der Waals surface area contributed by atoms with Crippen LogP contribution in [0.2, 0.25) is 0 Å². The Kier molecular flexibility index (Phi) is 4.03. The summed E-state index contributed by atoms with van der Waals surface area (Å²) in [6.07, 6.45) is 3.60. The van der Waals surface area contributed by atoms with Gasteiger partial charge in [0.25, 0.3) is 0 Å². The number of nitrogens with zero attached hydrogens (tertiary/aromatic N) is 1. The van der Waals surface area contributed by atoms with E-state index in [9.17, 15) is 8.42 Å². The fourth-order valence-corrected chi connectivity index (χ4v) is 5.28. The summed E-state index contributed by atoms with van der Waals surface area (Å²) in [6, 6.07) is 7.20. The van der Waals surface area contributed by atoms with Gasteiger partial charge in [-0.25, -0.2) is 12.7 Å². The van der Waals surface area contributed by atoms with Crippen molar-refractivity contribution in [2.45, 2.75) is 25.0 Å². The maximum absolute atomic E-state index is 12.6. The maximum atomic E-state index is 12.6. The van der Waals surface area contributed by atoms with Crippen LogP contribution >= 0.6 is 12.2 Å². The Labute approximate surface area is 131 Å². The third-order valence-electron chi connectivity index (χ3n) is 4.65. The average Bonchev–Trinajstić information content (AvgIpc) is 2.99. The second kappa shape index (κ2) is 5.66. The van der Waals surface area contributed by atoms with E-state index in [0.29, 0.717) is 29.9 Å². The molecule has 0 spiro atoms. The van der Waals surface area contributed by atoms with Gasteiger partial charge >= 0.3 is 0 Å². The van der Waals surface area contributed by atoms with Gasteiger partial charge in [0, 0.05) is 18.7 Å². The molecule has 2 aliphatic rings. The molecule has 2 N–H and O–H groups in total. The quantitative estimate of drug-likeness (QED) is 0.859. The lowest BCUT2D eigenvalue weighted by Crippen LogP contribution is -2.30. The third kappa shape index (κ3) is 3.12. The van der Waals surface area contributed by atoms with E-state index in [2.05, 4.69) is 0 Å². The van der Waals surface area contributed by atoms with Crippen LogP contribution in [0.4, 0.5) is 0 Å². The van der Waals surface area contributed by atoms with Gasteiger partial charge in [-0.2, -0.15) is 0 Å². The number of sulfonamides is 1. The van der Waals surface area contributed by atoms with Gasteiger partial charge < -0.3 is 5.73 Å². The molecular formula is C15H20N2O2S2. The van der Waals surface area contributed by atoms with Crippen molar-refractivity contribution < 1.29 is 8.42 Å². The number of hydrogen-bond acceptors (Lipinski definition) is 3. The molecule has 0 aromatic heterocycles. The summed E-state index contributed by atoms with van der Waals surface area (Å²) in [4.78, 5) is 0.296. The minimum absolute atomic E-state index is 0.0306. The van der Waals surface area contributed by atoms with Crippen LogP contribution in [-0.4, -0.2) is 30.8 Å². The Morgan fingerprint density at radius 2 is 1.95 bits per heavy atom. The van der Waals surface area contributed by atoms with Crippen LogP contribution in [-0.2, 0) is 15.8 Å². The van der Waals surface area contributed by atoms with Crippen molar-refractivity contribution in [3.8, 4) is 0 Å². The zero-order chi connectivity index (χ0) is 15.0. The molecule has 0 bridgehead atoms. The lowest BCUT2D eigenvalue weighted by Gasteiger charge is -2.17. The second-order valence-electron chi connectivity index (χ2n) is 6.09. The lowest BCUT2D eigenvalue weighted by atomic mass is 10.0. The van der Waals surface area contributed by atoms with E-state index in [1.54, 1.807) is 22.5 Å². The topological polar surface area (TPSA) is 63.4 Å². The van der Waals surface area contributed by atoms with Gasteiger partial charge in [-0.3, -0.25) is 0 Å². The summed E-state index contributed by atoms with van der Waals surface area (Å²) >= 11 is 4.94. The minimum Gasteiger partial charge on any atom is -0.389 e. The molecule has 4 nitrogen and oxygen atoms in total. The average molecular weight is 324 g/mol. The van der Waals surface area contributed by atoms with Crippen molar-refractivity contribution in [3.63, 3.8) is 0 Å². The van der Waals surface area contributed by atoms with E-state index in [-0.39, 0.29) is 5.75 Å². The Morgan fingerprint density at radius 1 is 1.29 bits per heavy atom.